The molecule has 10 heteroatoms. The van der Waals surface area contributed by atoms with Gasteiger partial charge in [0.05, 0.1) is 6.61 Å². The highest BCUT2D eigenvalue weighted by Gasteiger charge is 2.50. The van der Waals surface area contributed by atoms with Gasteiger partial charge in [-0.2, -0.15) is 5.26 Å². The molecule has 0 aliphatic carbocycles. The van der Waals surface area contributed by atoms with Crippen LogP contribution in [-0.4, -0.2) is 56.7 Å². The average molecular weight is 310 g/mol. The molecule has 2 heterocycles. The third-order valence-corrected chi connectivity index (χ3v) is 2.94. The molecule has 1 N–H and O–H groups in total. The topological polar surface area (TPSA) is 137 Å². The highest BCUT2D eigenvalue weighted by Crippen LogP contribution is 2.33. The van der Waals surface area contributed by atoms with E-state index < -0.39 is 43.1 Å². The third-order valence-electron chi connectivity index (χ3n) is 2.94. The molecule has 4 atom stereocenters. The average Bonchev–Trinajstić information content (AvgIpc) is 3.03. The zero-order valence-electron chi connectivity index (χ0n) is 11.9. The maximum Gasteiger partial charge on any atom is 0.303 e. The van der Waals surface area contributed by atoms with Crippen molar-refractivity contribution < 1.29 is 28.9 Å². The Morgan fingerprint density at radius 2 is 2.05 bits per heavy atom. The van der Waals surface area contributed by atoms with Crippen LogP contribution in [-0.2, 0) is 23.8 Å². The number of nitrogens with zero attached hydrogens (tertiary/aromatic N) is 4. The first-order chi connectivity index (χ1) is 10.5. The van der Waals surface area contributed by atoms with E-state index in [4.69, 9.17) is 19.5 Å². The second-order valence-electron chi connectivity index (χ2n) is 4.56. The molecule has 0 aromatic carbocycles. The number of hydrogen-bond acceptors (Lipinski definition) is 9. The van der Waals surface area contributed by atoms with Crippen molar-refractivity contribution in [2.75, 3.05) is 6.61 Å². The third kappa shape index (κ3) is 3.21. The highest BCUT2D eigenvalue weighted by atomic mass is 16.6. The van der Waals surface area contributed by atoms with Gasteiger partial charge in [0, 0.05) is 13.8 Å². The number of aliphatic hydroxyl groups is 1. The zero-order valence-corrected chi connectivity index (χ0v) is 11.9. The SMILES string of the molecule is CC(=O)O[C@@H]1[C@H](OC(C)=O)[C@@H](CO)O[C@H]1n1cnc(C#N)n1. The van der Waals surface area contributed by atoms with Gasteiger partial charge >= 0.3 is 11.9 Å². The van der Waals surface area contributed by atoms with Crippen LogP contribution >= 0.6 is 0 Å². The predicted octanol–water partition coefficient (Wildman–Crippen LogP) is -1.10. The molecule has 0 spiro atoms. The highest BCUT2D eigenvalue weighted by molar-refractivity contribution is 5.67. The van der Waals surface area contributed by atoms with Gasteiger partial charge in [0.2, 0.25) is 0 Å². The van der Waals surface area contributed by atoms with Crippen LogP contribution < -0.4 is 0 Å². The minimum absolute atomic E-state index is 0.0957. The second-order valence-corrected chi connectivity index (χ2v) is 4.56. The fourth-order valence-electron chi connectivity index (χ4n) is 2.17. The Balaban J connectivity index is 2.32. The molecular weight excluding hydrogens is 296 g/mol. The molecule has 22 heavy (non-hydrogen) atoms. The van der Waals surface area contributed by atoms with Crippen LogP contribution in [0.5, 0.6) is 0 Å². The molecule has 1 saturated heterocycles. The van der Waals surface area contributed by atoms with Crippen LogP contribution in [0.2, 0.25) is 0 Å². The predicted molar refractivity (Wildman–Crippen MR) is 66.8 cm³/mol. The van der Waals surface area contributed by atoms with E-state index in [1.54, 1.807) is 6.07 Å². The van der Waals surface area contributed by atoms with E-state index in [1.807, 2.05) is 0 Å². The smallest absolute Gasteiger partial charge is 0.303 e. The molecule has 0 amide bonds. The Bertz CT molecular complexity index is 609. The number of nitriles is 1. The normalized spacial score (nSPS) is 27.2. The number of ether oxygens (including phenoxy) is 3. The lowest BCUT2D eigenvalue weighted by atomic mass is 10.1. The minimum Gasteiger partial charge on any atom is -0.456 e. The summed E-state index contributed by atoms with van der Waals surface area (Å²) in [5, 5.41) is 22.0. The number of carbonyl (C=O) groups excluding carboxylic acids is 2. The minimum atomic E-state index is -1.02. The number of carbonyl (C=O) groups is 2. The lowest BCUT2D eigenvalue weighted by Gasteiger charge is -2.22. The zero-order chi connectivity index (χ0) is 16.3. The molecule has 1 aliphatic rings. The first kappa shape index (κ1) is 15.9. The van der Waals surface area contributed by atoms with Crippen molar-refractivity contribution in [3.8, 4) is 6.07 Å². The van der Waals surface area contributed by atoms with E-state index in [0.29, 0.717) is 0 Å². The molecule has 1 aliphatic heterocycles. The van der Waals surface area contributed by atoms with Gasteiger partial charge < -0.3 is 19.3 Å². The van der Waals surface area contributed by atoms with Crippen LogP contribution in [0.3, 0.4) is 0 Å². The molecule has 0 bridgehead atoms. The Kier molecular flexibility index (Phi) is 4.69. The van der Waals surface area contributed by atoms with Crippen LogP contribution in [0.25, 0.3) is 0 Å². The first-order valence-electron chi connectivity index (χ1n) is 6.38. The molecule has 2 rings (SSSR count). The summed E-state index contributed by atoms with van der Waals surface area (Å²) in [5.74, 6) is -1.32. The van der Waals surface area contributed by atoms with Gasteiger partial charge in [-0.3, -0.25) is 9.59 Å². The van der Waals surface area contributed by atoms with Crippen molar-refractivity contribution in [1.82, 2.24) is 14.8 Å². The molecule has 0 saturated carbocycles. The van der Waals surface area contributed by atoms with E-state index in [9.17, 15) is 14.7 Å². The van der Waals surface area contributed by atoms with Gasteiger partial charge in [-0.05, 0) is 0 Å². The fraction of sp³-hybridized carbons (Fsp3) is 0.583. The van der Waals surface area contributed by atoms with Crippen molar-refractivity contribution in [2.45, 2.75) is 38.4 Å². The van der Waals surface area contributed by atoms with Crippen LogP contribution in [0.1, 0.15) is 25.9 Å². The van der Waals surface area contributed by atoms with Gasteiger partial charge in [-0.15, -0.1) is 5.10 Å². The Morgan fingerprint density at radius 1 is 1.41 bits per heavy atom. The summed E-state index contributed by atoms with van der Waals surface area (Å²) in [4.78, 5) is 26.2. The maximum atomic E-state index is 11.3. The first-order valence-corrected chi connectivity index (χ1v) is 6.38. The van der Waals surface area contributed by atoms with Crippen LogP contribution in [0, 0.1) is 11.3 Å². The molecule has 1 fully saturated rings. The number of aliphatic hydroxyl groups excluding tert-OH is 1. The fourth-order valence-corrected chi connectivity index (χ4v) is 2.17. The number of esters is 2. The summed E-state index contributed by atoms with van der Waals surface area (Å²) in [7, 11) is 0. The van der Waals surface area contributed by atoms with Gasteiger partial charge in [0.25, 0.3) is 5.82 Å². The summed E-state index contributed by atoms with van der Waals surface area (Å²) >= 11 is 0. The molecule has 0 unspecified atom stereocenters. The van der Waals surface area contributed by atoms with Gasteiger partial charge in [-0.1, -0.05) is 0 Å². The van der Waals surface area contributed by atoms with Crippen molar-refractivity contribution in [3.05, 3.63) is 12.2 Å². The largest absolute Gasteiger partial charge is 0.456 e. The van der Waals surface area contributed by atoms with Gasteiger partial charge in [0.15, 0.2) is 18.4 Å². The van der Waals surface area contributed by atoms with Crippen molar-refractivity contribution in [1.29, 1.82) is 5.26 Å². The van der Waals surface area contributed by atoms with Crippen LogP contribution in [0.4, 0.5) is 0 Å². The summed E-state index contributed by atoms with van der Waals surface area (Å²) in [6, 6.07) is 1.75. The maximum absolute atomic E-state index is 11.3. The van der Waals surface area contributed by atoms with E-state index in [2.05, 4.69) is 10.1 Å². The second kappa shape index (κ2) is 6.50. The van der Waals surface area contributed by atoms with Crippen molar-refractivity contribution in [2.24, 2.45) is 0 Å². The lowest BCUT2D eigenvalue weighted by molar-refractivity contribution is -0.166. The number of aromatic nitrogens is 3. The van der Waals surface area contributed by atoms with E-state index in [0.717, 1.165) is 0 Å². The summed E-state index contributed by atoms with van der Waals surface area (Å²) in [5.41, 5.74) is 0. The standard InChI is InChI=1S/C12H14N4O6/c1-6(18)20-10-8(4-17)22-12(11(10)21-7(2)19)16-5-14-9(3-13)15-16/h5,8,10-12,17H,4H2,1-2H3/t8-,10-,11-,12-/m1/s1. The summed E-state index contributed by atoms with van der Waals surface area (Å²) in [6.45, 7) is 1.93. The number of rotatable bonds is 4. The molecule has 0 radical (unpaired) electrons. The Labute approximate surface area is 125 Å². The summed E-state index contributed by atoms with van der Waals surface area (Å²) in [6.07, 6.45) is -2.66. The lowest BCUT2D eigenvalue weighted by Crippen LogP contribution is -2.40. The molecule has 10 nitrogen and oxygen atoms in total. The molecular formula is C12H14N4O6. The van der Waals surface area contributed by atoms with E-state index >= 15 is 0 Å². The quantitative estimate of drug-likeness (QED) is 0.687. The van der Waals surface area contributed by atoms with Crippen molar-refractivity contribution >= 4 is 11.9 Å². The number of hydrogen-bond donors (Lipinski definition) is 1. The Morgan fingerprint density at radius 3 is 2.55 bits per heavy atom. The van der Waals surface area contributed by atoms with E-state index in [-0.39, 0.29) is 5.82 Å². The molecule has 118 valence electrons. The monoisotopic (exact) mass is 310 g/mol. The van der Waals surface area contributed by atoms with Crippen molar-refractivity contribution in [3.63, 3.8) is 0 Å². The van der Waals surface area contributed by atoms with Gasteiger partial charge in [0.1, 0.15) is 18.5 Å². The Hall–Kier alpha value is -2.51. The molecule has 1 aromatic rings. The van der Waals surface area contributed by atoms with E-state index in [1.165, 1.54) is 24.9 Å². The summed E-state index contributed by atoms with van der Waals surface area (Å²) < 4.78 is 16.9. The van der Waals surface area contributed by atoms with Gasteiger partial charge in [-0.25, -0.2) is 9.67 Å². The van der Waals surface area contributed by atoms with Crippen LogP contribution in [0.15, 0.2) is 6.33 Å². The molecule has 1 aromatic heterocycles.